The van der Waals surface area contributed by atoms with Crippen molar-refractivity contribution in [1.29, 1.82) is 0 Å². The summed E-state index contributed by atoms with van der Waals surface area (Å²) >= 11 is 0. The first-order valence-corrected chi connectivity index (χ1v) is 20.4. The van der Waals surface area contributed by atoms with E-state index in [9.17, 15) is 27.9 Å². The number of aromatic hydroxyl groups is 1. The summed E-state index contributed by atoms with van der Waals surface area (Å²) in [6.07, 6.45) is 4.04. The molecule has 12 nitrogen and oxygen atoms in total. The first kappa shape index (κ1) is 37.0. The van der Waals surface area contributed by atoms with Gasteiger partial charge in [-0.3, -0.25) is 9.59 Å². The normalized spacial score (nSPS) is 18.8. The van der Waals surface area contributed by atoms with E-state index >= 15 is 0 Å². The Morgan fingerprint density at radius 2 is 1.59 bits per heavy atom. The van der Waals surface area contributed by atoms with Crippen LogP contribution in [0.15, 0.2) is 121 Å². The number of hydrazine groups is 1. The molecule has 2 atom stereocenters. The number of para-hydroxylation sites is 1. The zero-order valence-electron chi connectivity index (χ0n) is 31.0. The van der Waals surface area contributed by atoms with Gasteiger partial charge in [-0.1, -0.05) is 84.9 Å². The number of piperazine rings is 1. The topological polar surface area (TPSA) is 136 Å². The lowest BCUT2D eigenvalue weighted by Crippen LogP contribution is -2.76. The maximum Gasteiger partial charge on any atom is 0.334 e. The molecule has 1 aliphatic carbocycles. The highest BCUT2D eigenvalue weighted by Gasteiger charge is 2.51. The number of nitrogens with one attached hydrogen (secondary N) is 1. The monoisotopic (exact) mass is 772 g/mol. The molecule has 4 aromatic carbocycles. The van der Waals surface area contributed by atoms with E-state index < -0.39 is 28.3 Å². The summed E-state index contributed by atoms with van der Waals surface area (Å²) in [7, 11) is -4.02. The summed E-state index contributed by atoms with van der Waals surface area (Å²) in [5.41, 5.74) is 4.58. The minimum Gasteiger partial charge on any atom is -0.508 e. The largest absolute Gasteiger partial charge is 0.508 e. The number of hydrogen-bond donors (Lipinski definition) is 2. The molecule has 2 fully saturated rings. The van der Waals surface area contributed by atoms with Crippen molar-refractivity contribution in [3.8, 4) is 5.75 Å². The van der Waals surface area contributed by atoms with Crippen LogP contribution >= 0.6 is 0 Å². The Kier molecular flexibility index (Phi) is 10.1. The van der Waals surface area contributed by atoms with E-state index in [1.54, 1.807) is 58.4 Å². The number of aryl methyl sites for hydroxylation is 1. The van der Waals surface area contributed by atoms with Crippen LogP contribution in [-0.2, 0) is 52.0 Å². The van der Waals surface area contributed by atoms with E-state index in [0.717, 1.165) is 47.0 Å². The van der Waals surface area contributed by atoms with Gasteiger partial charge in [-0.25, -0.2) is 27.2 Å². The van der Waals surface area contributed by atoms with Gasteiger partial charge in [-0.15, -0.1) is 6.58 Å². The Labute approximate surface area is 326 Å². The average molecular weight is 773 g/mol. The molecule has 4 amide bonds. The number of phenols is 1. The highest BCUT2D eigenvalue weighted by Crippen LogP contribution is 2.38. The predicted octanol–water partition coefficient (Wildman–Crippen LogP) is 5.20. The van der Waals surface area contributed by atoms with Crippen LogP contribution in [0.3, 0.4) is 0 Å². The molecule has 5 aromatic rings. The van der Waals surface area contributed by atoms with Crippen LogP contribution < -0.4 is 5.32 Å². The fourth-order valence-corrected chi connectivity index (χ4v) is 10.1. The van der Waals surface area contributed by atoms with Gasteiger partial charge in [0.15, 0.2) is 0 Å². The maximum atomic E-state index is 14.8. The van der Waals surface area contributed by atoms with Gasteiger partial charge in [0.05, 0.1) is 23.5 Å². The van der Waals surface area contributed by atoms with Crippen molar-refractivity contribution in [3.63, 3.8) is 0 Å². The second-order valence-corrected chi connectivity index (χ2v) is 16.3. The van der Waals surface area contributed by atoms with E-state index in [1.165, 1.54) is 26.0 Å². The van der Waals surface area contributed by atoms with E-state index in [0.29, 0.717) is 17.5 Å². The fourth-order valence-electron chi connectivity index (χ4n) is 8.46. The third-order valence-electron chi connectivity index (χ3n) is 11.0. The average Bonchev–Trinajstić information content (AvgIpc) is 3.56. The molecular weight excluding hydrogens is 729 g/mol. The molecule has 13 heteroatoms. The third kappa shape index (κ3) is 6.81. The second-order valence-electron chi connectivity index (χ2n) is 14.5. The van der Waals surface area contributed by atoms with Gasteiger partial charge in [0.1, 0.15) is 18.0 Å². The molecule has 1 aromatic heterocycles. The molecule has 8 rings (SSSR count). The maximum absolute atomic E-state index is 14.8. The van der Waals surface area contributed by atoms with Crippen LogP contribution in [0, 0.1) is 0 Å². The van der Waals surface area contributed by atoms with E-state index in [-0.39, 0.29) is 61.6 Å². The van der Waals surface area contributed by atoms with Gasteiger partial charge < -0.3 is 20.2 Å². The molecule has 0 unspecified atom stereocenters. The lowest BCUT2D eigenvalue weighted by Gasteiger charge is -2.55. The molecule has 2 saturated heterocycles. The lowest BCUT2D eigenvalue weighted by atomic mass is 9.95. The van der Waals surface area contributed by atoms with Crippen LogP contribution in [-0.4, -0.2) is 87.0 Å². The van der Waals surface area contributed by atoms with Gasteiger partial charge >= 0.3 is 6.03 Å². The Bertz CT molecular complexity index is 2400. The van der Waals surface area contributed by atoms with Crippen molar-refractivity contribution in [2.45, 2.75) is 62.3 Å². The van der Waals surface area contributed by atoms with E-state index in [4.69, 9.17) is 0 Å². The van der Waals surface area contributed by atoms with Crippen LogP contribution in [0.4, 0.5) is 4.79 Å². The second kappa shape index (κ2) is 15.3. The number of amides is 4. The zero-order chi connectivity index (χ0) is 39.0. The Morgan fingerprint density at radius 3 is 2.32 bits per heavy atom. The SMILES string of the molecule is C=CCN1CC(=O)N2[C@@H](Cc3ccc(O)cc3)C(=O)N(Cc3cccc4c5c(n(S(=O)(=O)c6ccccc6)c34)CCCC5)C[C@@H]2N1C(=O)NCc1ccccc1. The molecule has 2 N–H and O–H groups in total. The Balaban J connectivity index is 1.22. The minimum absolute atomic E-state index is 0.0225. The molecule has 0 spiro atoms. The fraction of sp³-hybridized carbons (Fsp3) is 0.279. The van der Waals surface area contributed by atoms with Gasteiger partial charge in [-0.2, -0.15) is 0 Å². The molecule has 3 aliphatic rings. The summed E-state index contributed by atoms with van der Waals surface area (Å²) in [5.74, 6) is -0.559. The number of phenolic OH excluding ortho intramolecular Hbond substituents is 1. The Hall–Kier alpha value is -5.92. The van der Waals surface area contributed by atoms with Crippen LogP contribution in [0.25, 0.3) is 10.9 Å². The van der Waals surface area contributed by atoms with Gasteiger partial charge in [0, 0.05) is 37.1 Å². The van der Waals surface area contributed by atoms with Gasteiger partial charge in [-0.05, 0) is 72.2 Å². The molecule has 288 valence electrons. The van der Waals surface area contributed by atoms with Crippen molar-refractivity contribution in [3.05, 3.63) is 144 Å². The number of aromatic nitrogens is 1. The predicted molar refractivity (Wildman–Crippen MR) is 212 cm³/mol. The van der Waals surface area contributed by atoms with Crippen LogP contribution in [0.2, 0.25) is 0 Å². The standard InChI is InChI=1S/C43H44N6O6S/c1-2-24-46-29-40(51)47-38(25-30-20-22-33(50)23-21-30)42(52)45(28-39(47)48(46)43(53)44-26-31-12-5-3-6-13-31)27-32-14-11-18-36-35-17-9-10-19-37(35)49(41(32)36)56(54,55)34-15-7-4-8-16-34/h2-8,11-16,18,20-23,38-39,50H,1,9-10,17,19,24-29H2,(H,44,53)/t38-,39-/m0/s1. The number of nitrogens with zero attached hydrogens (tertiary/aromatic N) is 5. The number of benzene rings is 4. The van der Waals surface area contributed by atoms with E-state index in [2.05, 4.69) is 11.9 Å². The highest BCUT2D eigenvalue weighted by molar-refractivity contribution is 7.90. The number of carbonyl (C=O) groups is 3. The molecule has 3 heterocycles. The highest BCUT2D eigenvalue weighted by atomic mass is 32.2. The molecule has 56 heavy (non-hydrogen) atoms. The van der Waals surface area contributed by atoms with Crippen LogP contribution in [0.1, 0.15) is 40.8 Å². The van der Waals surface area contributed by atoms with Gasteiger partial charge in [0.25, 0.3) is 10.0 Å². The quantitative estimate of drug-likeness (QED) is 0.187. The number of fused-ring (bicyclic) bond motifs is 4. The summed E-state index contributed by atoms with van der Waals surface area (Å²) in [6, 6.07) is 28.7. The molecule has 0 radical (unpaired) electrons. The zero-order valence-corrected chi connectivity index (χ0v) is 31.8. The number of carbonyl (C=O) groups excluding carboxylic acids is 3. The molecule has 0 saturated carbocycles. The smallest absolute Gasteiger partial charge is 0.334 e. The number of rotatable bonds is 10. The van der Waals surface area contributed by atoms with Gasteiger partial charge in [0.2, 0.25) is 11.8 Å². The third-order valence-corrected chi connectivity index (χ3v) is 12.8. The van der Waals surface area contributed by atoms with Crippen molar-refractivity contribution in [1.82, 2.24) is 29.1 Å². The first-order valence-electron chi connectivity index (χ1n) is 18.9. The molecular formula is C43H44N6O6S. The lowest BCUT2D eigenvalue weighted by molar-refractivity contribution is -0.189. The van der Waals surface area contributed by atoms with E-state index in [1.807, 2.05) is 48.5 Å². The van der Waals surface area contributed by atoms with Crippen molar-refractivity contribution >= 4 is 38.8 Å². The summed E-state index contributed by atoms with van der Waals surface area (Å²) in [6.45, 7) is 4.21. The molecule has 0 bridgehead atoms. The molecule has 2 aliphatic heterocycles. The van der Waals surface area contributed by atoms with Crippen LogP contribution in [0.5, 0.6) is 5.75 Å². The Morgan fingerprint density at radius 1 is 0.875 bits per heavy atom. The van der Waals surface area contributed by atoms with Crippen molar-refractivity contribution in [2.75, 3.05) is 19.6 Å². The number of urea groups is 1. The van der Waals surface area contributed by atoms with Crippen molar-refractivity contribution in [2.24, 2.45) is 0 Å². The number of hydrogen-bond acceptors (Lipinski definition) is 7. The minimum atomic E-state index is -4.02. The summed E-state index contributed by atoms with van der Waals surface area (Å²) in [5, 5.41) is 17.0. The summed E-state index contributed by atoms with van der Waals surface area (Å²) < 4.78 is 30.6. The van der Waals surface area contributed by atoms with Crippen molar-refractivity contribution < 1.29 is 27.9 Å². The first-order chi connectivity index (χ1) is 27.2. The summed E-state index contributed by atoms with van der Waals surface area (Å²) in [4.78, 5) is 46.5.